The third kappa shape index (κ3) is 7.43. The third-order valence-electron chi connectivity index (χ3n) is 9.71. The predicted molar refractivity (Wildman–Crippen MR) is 157 cm³/mol. The van der Waals surface area contributed by atoms with E-state index in [2.05, 4.69) is 25.6 Å². The summed E-state index contributed by atoms with van der Waals surface area (Å²) in [4.78, 5) is 31.9. The van der Waals surface area contributed by atoms with Gasteiger partial charge in [-0.2, -0.15) is 5.10 Å². The molecule has 1 saturated heterocycles. The number of piperidine rings is 1. The maximum absolute atomic E-state index is 14.1. The van der Waals surface area contributed by atoms with Gasteiger partial charge in [0.2, 0.25) is 11.8 Å². The quantitative estimate of drug-likeness (QED) is 0.455. The molecule has 2 saturated carbocycles. The zero-order valence-electron chi connectivity index (χ0n) is 23.9. The number of rotatable bonds is 9. The van der Waals surface area contributed by atoms with Crippen LogP contribution in [0, 0.1) is 11.3 Å². The smallest absolute Gasteiger partial charge is 0.240 e. The Morgan fingerprint density at radius 2 is 1.68 bits per heavy atom. The molecule has 3 aliphatic rings. The van der Waals surface area contributed by atoms with Crippen molar-refractivity contribution in [1.82, 2.24) is 30.3 Å². The van der Waals surface area contributed by atoms with E-state index in [0.29, 0.717) is 17.4 Å². The maximum Gasteiger partial charge on any atom is 0.240 e. The van der Waals surface area contributed by atoms with Gasteiger partial charge in [-0.15, -0.1) is 0 Å². The molecule has 1 aromatic carbocycles. The summed E-state index contributed by atoms with van der Waals surface area (Å²) in [5, 5.41) is 12.0. The second-order valence-electron chi connectivity index (χ2n) is 12.4. The van der Waals surface area contributed by atoms with E-state index in [-0.39, 0.29) is 35.4 Å². The SMILES string of the molecule is CC(=O)N[C@H]1CC[C@@H](N[C@H](Cc2ccc(Cl)cc2)C(=O)N2CCC(Cn3cncn3)(C3CCCCC3)CC2)CC1. The Kier molecular flexibility index (Phi) is 9.79. The van der Waals surface area contributed by atoms with E-state index < -0.39 is 0 Å². The van der Waals surface area contributed by atoms with Gasteiger partial charge in [-0.1, -0.05) is 43.0 Å². The van der Waals surface area contributed by atoms with Crippen molar-refractivity contribution >= 4 is 23.4 Å². The Labute approximate surface area is 243 Å². The van der Waals surface area contributed by atoms with Crippen LogP contribution in [0.3, 0.4) is 0 Å². The first-order valence-electron chi connectivity index (χ1n) is 15.3. The molecule has 2 heterocycles. The van der Waals surface area contributed by atoms with Crippen molar-refractivity contribution in [3.63, 3.8) is 0 Å². The zero-order valence-corrected chi connectivity index (χ0v) is 24.6. The molecule has 1 aromatic heterocycles. The highest BCUT2D eigenvalue weighted by atomic mass is 35.5. The first kappa shape index (κ1) is 29.1. The van der Waals surface area contributed by atoms with Gasteiger partial charge < -0.3 is 15.5 Å². The second kappa shape index (κ2) is 13.5. The molecule has 40 heavy (non-hydrogen) atoms. The number of carbonyl (C=O) groups excluding carboxylic acids is 2. The molecule has 218 valence electrons. The summed E-state index contributed by atoms with van der Waals surface area (Å²) in [7, 11) is 0. The predicted octanol–water partition coefficient (Wildman–Crippen LogP) is 4.77. The van der Waals surface area contributed by atoms with Crippen molar-refractivity contribution in [2.45, 2.75) is 109 Å². The van der Waals surface area contributed by atoms with Crippen molar-refractivity contribution in [2.75, 3.05) is 13.1 Å². The van der Waals surface area contributed by atoms with Crippen LogP contribution >= 0.6 is 11.6 Å². The molecule has 8 nitrogen and oxygen atoms in total. The molecule has 0 bridgehead atoms. The third-order valence-corrected chi connectivity index (χ3v) is 9.96. The lowest BCUT2D eigenvalue weighted by atomic mass is 9.63. The largest absolute Gasteiger partial charge is 0.354 e. The fourth-order valence-electron chi connectivity index (χ4n) is 7.49. The number of amides is 2. The van der Waals surface area contributed by atoms with Gasteiger partial charge in [-0.25, -0.2) is 4.98 Å². The zero-order chi connectivity index (χ0) is 28.0. The van der Waals surface area contributed by atoms with Gasteiger partial charge in [0.05, 0.1) is 6.04 Å². The minimum atomic E-state index is -0.277. The fourth-order valence-corrected chi connectivity index (χ4v) is 7.62. The lowest BCUT2D eigenvalue weighted by molar-refractivity contribution is -0.137. The molecule has 2 aliphatic carbocycles. The van der Waals surface area contributed by atoms with E-state index >= 15 is 0 Å². The van der Waals surface area contributed by atoms with Gasteiger partial charge in [-0.3, -0.25) is 14.3 Å². The minimum Gasteiger partial charge on any atom is -0.354 e. The van der Waals surface area contributed by atoms with Crippen LogP contribution in [0.2, 0.25) is 5.02 Å². The van der Waals surface area contributed by atoms with Crippen molar-refractivity contribution in [2.24, 2.45) is 11.3 Å². The highest BCUT2D eigenvalue weighted by Gasteiger charge is 2.44. The normalized spacial score (nSPS) is 24.4. The summed E-state index contributed by atoms with van der Waals surface area (Å²) < 4.78 is 2.01. The Morgan fingerprint density at radius 1 is 1.00 bits per heavy atom. The molecule has 2 N–H and O–H groups in total. The molecule has 0 spiro atoms. The number of aromatic nitrogens is 3. The van der Waals surface area contributed by atoms with Crippen LogP contribution in [-0.4, -0.2) is 62.7 Å². The number of nitrogens with one attached hydrogen (secondary N) is 2. The molecule has 5 rings (SSSR count). The molecule has 1 atom stereocenters. The van der Waals surface area contributed by atoms with Crippen LogP contribution < -0.4 is 10.6 Å². The number of halogens is 1. The van der Waals surface area contributed by atoms with Crippen molar-refractivity contribution in [3.05, 3.63) is 47.5 Å². The van der Waals surface area contributed by atoms with Crippen molar-refractivity contribution in [1.29, 1.82) is 0 Å². The molecule has 0 radical (unpaired) electrons. The molecule has 2 aromatic rings. The lowest BCUT2D eigenvalue weighted by Gasteiger charge is -2.48. The summed E-state index contributed by atoms with van der Waals surface area (Å²) in [5.41, 5.74) is 1.29. The summed E-state index contributed by atoms with van der Waals surface area (Å²) in [6.07, 6.45) is 16.5. The van der Waals surface area contributed by atoms with Crippen LogP contribution in [0.4, 0.5) is 0 Å². The monoisotopic (exact) mass is 568 g/mol. The van der Waals surface area contributed by atoms with Gasteiger partial charge in [0.1, 0.15) is 12.7 Å². The molecule has 1 aliphatic heterocycles. The molecule has 2 amide bonds. The molecular weight excluding hydrogens is 524 g/mol. The first-order chi connectivity index (χ1) is 19.4. The van der Waals surface area contributed by atoms with Crippen LogP contribution in [0.15, 0.2) is 36.9 Å². The van der Waals surface area contributed by atoms with E-state index in [4.69, 9.17) is 11.6 Å². The van der Waals surface area contributed by atoms with Crippen LogP contribution in [-0.2, 0) is 22.6 Å². The first-order valence-corrected chi connectivity index (χ1v) is 15.7. The minimum absolute atomic E-state index is 0.0328. The molecule has 3 fully saturated rings. The van der Waals surface area contributed by atoms with E-state index in [9.17, 15) is 9.59 Å². The summed E-state index contributed by atoms with van der Waals surface area (Å²) >= 11 is 6.15. The number of nitrogens with zero attached hydrogens (tertiary/aromatic N) is 4. The van der Waals surface area contributed by atoms with Gasteiger partial charge in [0, 0.05) is 43.7 Å². The average molecular weight is 569 g/mol. The number of carbonyl (C=O) groups is 2. The molecule has 9 heteroatoms. The van der Waals surface area contributed by atoms with E-state index in [1.165, 1.54) is 32.1 Å². The molecule has 0 unspecified atom stereocenters. The Bertz CT molecular complexity index is 1090. The Balaban J connectivity index is 1.26. The van der Waals surface area contributed by atoms with Gasteiger partial charge in [0.25, 0.3) is 0 Å². The molecular formula is C31H45ClN6O2. The number of benzene rings is 1. The van der Waals surface area contributed by atoms with Crippen molar-refractivity contribution < 1.29 is 9.59 Å². The van der Waals surface area contributed by atoms with E-state index in [0.717, 1.165) is 63.7 Å². The van der Waals surface area contributed by atoms with Crippen LogP contribution in [0.5, 0.6) is 0 Å². The van der Waals surface area contributed by atoms with Crippen LogP contribution in [0.1, 0.15) is 83.1 Å². The van der Waals surface area contributed by atoms with Gasteiger partial charge >= 0.3 is 0 Å². The number of likely N-dealkylation sites (tertiary alicyclic amines) is 1. The van der Waals surface area contributed by atoms with Gasteiger partial charge in [-0.05, 0) is 86.8 Å². The summed E-state index contributed by atoms with van der Waals surface area (Å²) in [6, 6.07) is 8.09. The summed E-state index contributed by atoms with van der Waals surface area (Å²) in [6.45, 7) is 4.05. The Hall–Kier alpha value is -2.45. The van der Waals surface area contributed by atoms with E-state index in [1.54, 1.807) is 13.3 Å². The second-order valence-corrected chi connectivity index (χ2v) is 12.9. The lowest BCUT2D eigenvalue weighted by Crippen LogP contribution is -2.56. The Morgan fingerprint density at radius 3 is 2.30 bits per heavy atom. The highest BCUT2D eigenvalue weighted by molar-refractivity contribution is 6.30. The standard InChI is InChI=1S/C31H45ClN6O2/c1-23(39)35-27-11-13-28(14-12-27)36-29(19-24-7-9-26(32)10-8-24)30(40)37-17-15-31(16-18-37,20-38-22-33-21-34-38)25-5-3-2-4-6-25/h7-10,21-22,25,27-29,36H,2-6,11-20H2,1H3,(H,35,39)/t27-,28+,29-/m1/s1. The fraction of sp³-hybridized carbons (Fsp3) is 0.677. The maximum atomic E-state index is 14.1. The average Bonchev–Trinajstić information content (AvgIpc) is 3.48. The summed E-state index contributed by atoms with van der Waals surface area (Å²) in [5.74, 6) is 0.923. The number of hydrogen-bond acceptors (Lipinski definition) is 5. The number of hydrogen-bond donors (Lipinski definition) is 2. The van der Waals surface area contributed by atoms with Gasteiger partial charge in [0.15, 0.2) is 0 Å². The van der Waals surface area contributed by atoms with Crippen molar-refractivity contribution in [3.8, 4) is 0 Å². The van der Waals surface area contributed by atoms with Crippen LogP contribution in [0.25, 0.3) is 0 Å². The van der Waals surface area contributed by atoms with E-state index in [1.807, 2.05) is 35.3 Å². The highest BCUT2D eigenvalue weighted by Crippen LogP contribution is 2.47. The topological polar surface area (TPSA) is 92.2 Å².